The summed E-state index contributed by atoms with van der Waals surface area (Å²) in [4.78, 5) is 12.7. The number of carboxylic acids is 1. The van der Waals surface area contributed by atoms with Gasteiger partial charge in [0.05, 0.1) is 5.56 Å². The molecular formula is C13H17NO4. The topological polar surface area (TPSA) is 81.0 Å². The van der Waals surface area contributed by atoms with E-state index < -0.39 is 17.2 Å². The van der Waals surface area contributed by atoms with E-state index >= 15 is 0 Å². The van der Waals surface area contributed by atoms with E-state index in [0.717, 1.165) is 0 Å². The highest BCUT2D eigenvalue weighted by atomic mass is 16.4. The lowest BCUT2D eigenvalue weighted by molar-refractivity contribution is -0.0935. The summed E-state index contributed by atoms with van der Waals surface area (Å²) in [6.45, 7) is 3.69. The minimum absolute atomic E-state index is 0.193. The molecule has 0 spiro atoms. The van der Waals surface area contributed by atoms with Crippen molar-refractivity contribution in [2.75, 3.05) is 18.0 Å². The van der Waals surface area contributed by atoms with Crippen LogP contribution >= 0.6 is 0 Å². The van der Waals surface area contributed by atoms with Crippen LogP contribution in [0.15, 0.2) is 24.3 Å². The highest BCUT2D eigenvalue weighted by Gasteiger charge is 2.50. The zero-order chi connectivity index (χ0) is 13.6. The Balaban J connectivity index is 2.30. The van der Waals surface area contributed by atoms with Crippen LogP contribution in [0, 0.1) is 0 Å². The second-order valence-corrected chi connectivity index (χ2v) is 5.26. The van der Waals surface area contributed by atoms with Crippen molar-refractivity contribution in [3.8, 4) is 0 Å². The van der Waals surface area contributed by atoms with Gasteiger partial charge in [-0.25, -0.2) is 4.79 Å². The van der Waals surface area contributed by atoms with E-state index in [-0.39, 0.29) is 18.7 Å². The van der Waals surface area contributed by atoms with Crippen molar-refractivity contribution in [3.05, 3.63) is 29.8 Å². The van der Waals surface area contributed by atoms with Crippen molar-refractivity contribution >= 4 is 11.7 Å². The highest BCUT2D eigenvalue weighted by Crippen LogP contribution is 2.34. The van der Waals surface area contributed by atoms with E-state index in [1.165, 1.54) is 6.07 Å². The van der Waals surface area contributed by atoms with Gasteiger partial charge in [-0.05, 0) is 32.0 Å². The second kappa shape index (κ2) is 3.96. The van der Waals surface area contributed by atoms with Gasteiger partial charge in [0, 0.05) is 18.8 Å². The second-order valence-electron chi connectivity index (χ2n) is 5.26. The maximum atomic E-state index is 10.9. The molecule has 1 aromatic rings. The number of benzene rings is 1. The zero-order valence-electron chi connectivity index (χ0n) is 10.4. The summed E-state index contributed by atoms with van der Waals surface area (Å²) in [7, 11) is 0. The Morgan fingerprint density at radius 2 is 1.78 bits per heavy atom. The number of carbonyl (C=O) groups is 1. The number of nitrogens with zero attached hydrogens (tertiary/aromatic N) is 1. The number of rotatable bonds is 2. The first-order valence-corrected chi connectivity index (χ1v) is 5.76. The molecule has 2 atom stereocenters. The Labute approximate surface area is 105 Å². The molecule has 5 nitrogen and oxygen atoms in total. The number of β-amino-alcohol motifs (C(OH)–C–C–N with tert-alkyl or cyclic N) is 2. The van der Waals surface area contributed by atoms with Crippen molar-refractivity contribution in [2.45, 2.75) is 25.0 Å². The molecule has 0 bridgehead atoms. The summed E-state index contributed by atoms with van der Waals surface area (Å²) >= 11 is 0. The Bertz CT molecular complexity index is 466. The van der Waals surface area contributed by atoms with Gasteiger partial charge in [0.25, 0.3) is 0 Å². The van der Waals surface area contributed by atoms with Crippen LogP contribution in [0.4, 0.5) is 5.69 Å². The Kier molecular flexibility index (Phi) is 2.83. The first kappa shape index (κ1) is 12.9. The van der Waals surface area contributed by atoms with Crippen molar-refractivity contribution < 1.29 is 20.1 Å². The summed E-state index contributed by atoms with van der Waals surface area (Å²) < 4.78 is 0. The van der Waals surface area contributed by atoms with Crippen molar-refractivity contribution in [2.24, 2.45) is 0 Å². The molecular weight excluding hydrogens is 234 g/mol. The molecule has 5 heteroatoms. The Morgan fingerprint density at radius 1 is 1.22 bits per heavy atom. The van der Waals surface area contributed by atoms with Gasteiger partial charge in [-0.2, -0.15) is 0 Å². The maximum Gasteiger partial charge on any atom is 0.335 e. The lowest BCUT2D eigenvalue weighted by atomic mass is 9.90. The SMILES string of the molecule is CC1(O)CN(c2cccc(C(=O)O)c2)CC1(C)O. The molecule has 1 saturated heterocycles. The number of carboxylic acid groups (broad SMARTS) is 1. The predicted molar refractivity (Wildman–Crippen MR) is 66.9 cm³/mol. The minimum atomic E-state index is -1.22. The predicted octanol–water partition coefficient (Wildman–Crippen LogP) is 0.707. The average Bonchev–Trinajstić information content (AvgIpc) is 2.48. The van der Waals surface area contributed by atoms with Crippen molar-refractivity contribution in [1.29, 1.82) is 0 Å². The molecule has 0 radical (unpaired) electrons. The zero-order valence-corrected chi connectivity index (χ0v) is 10.4. The fraction of sp³-hybridized carbons (Fsp3) is 0.462. The molecule has 1 aliphatic rings. The van der Waals surface area contributed by atoms with Crippen LogP contribution < -0.4 is 4.90 Å². The average molecular weight is 251 g/mol. The van der Waals surface area contributed by atoms with Gasteiger partial charge >= 0.3 is 5.97 Å². The number of aliphatic hydroxyl groups is 2. The number of aromatic carboxylic acids is 1. The fourth-order valence-corrected chi connectivity index (χ4v) is 2.16. The van der Waals surface area contributed by atoms with Crippen LogP contribution in [0.5, 0.6) is 0 Å². The van der Waals surface area contributed by atoms with Gasteiger partial charge in [-0.1, -0.05) is 6.07 Å². The third kappa shape index (κ3) is 2.07. The summed E-state index contributed by atoms with van der Waals surface area (Å²) in [5.41, 5.74) is -1.55. The van der Waals surface area contributed by atoms with E-state index in [2.05, 4.69) is 0 Å². The van der Waals surface area contributed by atoms with E-state index in [1.54, 1.807) is 36.9 Å². The molecule has 2 rings (SSSR count). The summed E-state index contributed by atoms with van der Waals surface area (Å²) in [6.07, 6.45) is 0. The molecule has 2 unspecified atom stereocenters. The third-order valence-electron chi connectivity index (χ3n) is 3.62. The number of hydrogen-bond donors (Lipinski definition) is 3. The molecule has 1 aliphatic heterocycles. The molecule has 0 amide bonds. The van der Waals surface area contributed by atoms with Gasteiger partial charge < -0.3 is 20.2 Å². The van der Waals surface area contributed by atoms with Crippen LogP contribution in [0.1, 0.15) is 24.2 Å². The molecule has 0 saturated carbocycles. The Hall–Kier alpha value is -1.59. The van der Waals surface area contributed by atoms with Crippen LogP contribution in [0.3, 0.4) is 0 Å². The normalized spacial score (nSPS) is 31.7. The van der Waals surface area contributed by atoms with E-state index in [4.69, 9.17) is 5.11 Å². The lowest BCUT2D eigenvalue weighted by Gasteiger charge is -2.29. The third-order valence-corrected chi connectivity index (χ3v) is 3.62. The molecule has 0 aromatic heterocycles. The molecule has 1 aromatic carbocycles. The summed E-state index contributed by atoms with van der Waals surface area (Å²) in [5, 5.41) is 29.2. The summed E-state index contributed by atoms with van der Waals surface area (Å²) in [5.74, 6) is -0.991. The largest absolute Gasteiger partial charge is 0.478 e. The quantitative estimate of drug-likeness (QED) is 0.721. The first-order valence-electron chi connectivity index (χ1n) is 5.76. The first-order chi connectivity index (χ1) is 8.23. The van der Waals surface area contributed by atoms with Crippen LogP contribution in [-0.4, -0.2) is 45.6 Å². The fourth-order valence-electron chi connectivity index (χ4n) is 2.16. The monoisotopic (exact) mass is 251 g/mol. The van der Waals surface area contributed by atoms with E-state index in [9.17, 15) is 15.0 Å². The molecule has 1 fully saturated rings. The van der Waals surface area contributed by atoms with Crippen LogP contribution in [-0.2, 0) is 0 Å². The molecule has 18 heavy (non-hydrogen) atoms. The van der Waals surface area contributed by atoms with Gasteiger partial charge in [0.1, 0.15) is 11.2 Å². The molecule has 1 heterocycles. The van der Waals surface area contributed by atoms with Crippen molar-refractivity contribution in [3.63, 3.8) is 0 Å². The summed E-state index contributed by atoms with van der Waals surface area (Å²) in [6, 6.07) is 6.47. The van der Waals surface area contributed by atoms with E-state index in [1.807, 2.05) is 0 Å². The van der Waals surface area contributed by atoms with Crippen LogP contribution in [0.25, 0.3) is 0 Å². The number of anilines is 1. The van der Waals surface area contributed by atoms with Crippen LogP contribution in [0.2, 0.25) is 0 Å². The smallest absolute Gasteiger partial charge is 0.335 e. The van der Waals surface area contributed by atoms with E-state index in [0.29, 0.717) is 5.69 Å². The van der Waals surface area contributed by atoms with Gasteiger partial charge in [-0.3, -0.25) is 0 Å². The molecule has 98 valence electrons. The maximum absolute atomic E-state index is 10.9. The molecule has 0 aliphatic carbocycles. The minimum Gasteiger partial charge on any atom is -0.478 e. The lowest BCUT2D eigenvalue weighted by Crippen LogP contribution is -2.48. The van der Waals surface area contributed by atoms with Gasteiger partial charge in [0.15, 0.2) is 0 Å². The molecule has 3 N–H and O–H groups in total. The number of hydrogen-bond acceptors (Lipinski definition) is 4. The highest BCUT2D eigenvalue weighted by molar-refractivity contribution is 5.88. The van der Waals surface area contributed by atoms with Crippen molar-refractivity contribution in [1.82, 2.24) is 0 Å². The Morgan fingerprint density at radius 3 is 2.28 bits per heavy atom. The van der Waals surface area contributed by atoms with Gasteiger partial charge in [0.2, 0.25) is 0 Å². The standard InChI is InChI=1S/C13H17NO4/c1-12(17)7-14(8-13(12,2)18)10-5-3-4-9(6-10)11(15)16/h3-6,17-18H,7-8H2,1-2H3,(H,15,16). The van der Waals surface area contributed by atoms with Gasteiger partial charge in [-0.15, -0.1) is 0 Å².